The van der Waals surface area contributed by atoms with Gasteiger partial charge in [-0.3, -0.25) is 15.5 Å². The molecule has 150 valence electrons. The molecule has 1 aliphatic rings. The zero-order valence-corrected chi connectivity index (χ0v) is 16.0. The Morgan fingerprint density at radius 1 is 1.11 bits per heavy atom. The fraction of sp³-hybridized carbons (Fsp3) is 0.412. The first kappa shape index (κ1) is 19.6. The SMILES string of the molecule is COc1ccc(OC)c(Nc2ncnc(NN3CCN(C)CC3)c2[N+](=O)[O-])c1. The maximum absolute atomic E-state index is 11.8. The zero-order valence-electron chi connectivity index (χ0n) is 16.0. The number of rotatable bonds is 7. The van der Waals surface area contributed by atoms with Crippen molar-refractivity contribution in [1.82, 2.24) is 19.9 Å². The van der Waals surface area contributed by atoms with Gasteiger partial charge < -0.3 is 19.7 Å². The van der Waals surface area contributed by atoms with E-state index in [2.05, 4.69) is 25.6 Å². The Morgan fingerprint density at radius 2 is 1.82 bits per heavy atom. The van der Waals surface area contributed by atoms with Crippen LogP contribution in [0.1, 0.15) is 0 Å². The third-order valence-corrected chi connectivity index (χ3v) is 4.43. The van der Waals surface area contributed by atoms with Crippen LogP contribution in [0.15, 0.2) is 24.5 Å². The first-order chi connectivity index (χ1) is 13.5. The van der Waals surface area contributed by atoms with Crippen molar-refractivity contribution in [3.63, 3.8) is 0 Å². The number of anilines is 3. The average molecular weight is 389 g/mol. The first-order valence-electron chi connectivity index (χ1n) is 8.70. The summed E-state index contributed by atoms with van der Waals surface area (Å²) in [6.45, 7) is 3.17. The number of hydrogen-bond donors (Lipinski definition) is 2. The number of ether oxygens (including phenoxy) is 2. The minimum absolute atomic E-state index is 0.0585. The topological polar surface area (TPSA) is 118 Å². The fourth-order valence-electron chi connectivity index (χ4n) is 2.83. The standard InChI is InChI=1S/C17H23N7O4/c1-22-6-8-23(9-7-22)21-17-15(24(25)26)16(18-11-19-17)20-13-10-12(27-2)4-5-14(13)28-3/h4-5,10-11H,6-9H2,1-3H3,(H2,18,19,20,21). The number of aromatic nitrogens is 2. The number of likely N-dealkylation sites (N-methyl/N-ethyl adjacent to an activating group) is 1. The van der Waals surface area contributed by atoms with Crippen molar-refractivity contribution in [2.75, 3.05) is 58.2 Å². The second kappa shape index (κ2) is 8.67. The van der Waals surface area contributed by atoms with Crippen LogP contribution in [0, 0.1) is 10.1 Å². The third kappa shape index (κ3) is 4.38. The zero-order chi connectivity index (χ0) is 20.1. The van der Waals surface area contributed by atoms with Gasteiger partial charge in [0, 0.05) is 32.2 Å². The molecule has 28 heavy (non-hydrogen) atoms. The number of nitro groups is 1. The minimum Gasteiger partial charge on any atom is -0.497 e. The summed E-state index contributed by atoms with van der Waals surface area (Å²) in [7, 11) is 5.09. The molecule has 2 aromatic rings. The summed E-state index contributed by atoms with van der Waals surface area (Å²) in [5, 5.41) is 16.6. The first-order valence-corrected chi connectivity index (χ1v) is 8.70. The van der Waals surface area contributed by atoms with Crippen molar-refractivity contribution in [2.24, 2.45) is 0 Å². The number of benzene rings is 1. The van der Waals surface area contributed by atoms with E-state index >= 15 is 0 Å². The van der Waals surface area contributed by atoms with E-state index in [1.165, 1.54) is 20.5 Å². The summed E-state index contributed by atoms with van der Waals surface area (Å²) in [4.78, 5) is 21.6. The second-order valence-corrected chi connectivity index (χ2v) is 6.27. The second-order valence-electron chi connectivity index (χ2n) is 6.27. The third-order valence-electron chi connectivity index (χ3n) is 4.43. The maximum atomic E-state index is 11.8. The average Bonchev–Trinajstić information content (AvgIpc) is 2.69. The predicted molar refractivity (Wildman–Crippen MR) is 104 cm³/mol. The van der Waals surface area contributed by atoms with Gasteiger partial charge in [-0.2, -0.15) is 0 Å². The molecule has 0 saturated carbocycles. The maximum Gasteiger partial charge on any atom is 0.354 e. The molecule has 0 aliphatic carbocycles. The van der Waals surface area contributed by atoms with Gasteiger partial charge in [-0.15, -0.1) is 0 Å². The molecule has 2 N–H and O–H groups in total. The Labute approximate surface area is 162 Å². The molecular formula is C17H23N7O4. The smallest absolute Gasteiger partial charge is 0.354 e. The van der Waals surface area contributed by atoms with Crippen LogP contribution in [0.3, 0.4) is 0 Å². The molecule has 1 saturated heterocycles. The number of nitrogens with zero attached hydrogens (tertiary/aromatic N) is 5. The van der Waals surface area contributed by atoms with Gasteiger partial charge in [-0.05, 0) is 19.2 Å². The Bertz CT molecular complexity index is 840. The molecule has 11 heteroatoms. The Morgan fingerprint density at radius 3 is 2.46 bits per heavy atom. The lowest BCUT2D eigenvalue weighted by molar-refractivity contribution is -0.383. The molecule has 1 aliphatic heterocycles. The lowest BCUT2D eigenvalue weighted by Gasteiger charge is -2.32. The molecule has 0 radical (unpaired) electrons. The molecule has 1 fully saturated rings. The number of hydrazine groups is 1. The van der Waals surface area contributed by atoms with Crippen LogP contribution in [-0.2, 0) is 0 Å². The molecule has 1 aromatic heterocycles. The van der Waals surface area contributed by atoms with E-state index in [-0.39, 0.29) is 17.3 Å². The van der Waals surface area contributed by atoms with Crippen LogP contribution in [0.2, 0.25) is 0 Å². The molecule has 0 atom stereocenters. The summed E-state index contributed by atoms with van der Waals surface area (Å²) in [6, 6.07) is 5.12. The van der Waals surface area contributed by atoms with Crippen LogP contribution in [-0.4, -0.2) is 72.2 Å². The van der Waals surface area contributed by atoms with Crippen molar-refractivity contribution < 1.29 is 14.4 Å². The number of nitrogens with one attached hydrogen (secondary N) is 2. The van der Waals surface area contributed by atoms with Crippen molar-refractivity contribution in [2.45, 2.75) is 0 Å². The highest BCUT2D eigenvalue weighted by molar-refractivity contribution is 5.76. The van der Waals surface area contributed by atoms with Crippen LogP contribution in [0.25, 0.3) is 0 Å². The van der Waals surface area contributed by atoms with Crippen LogP contribution >= 0.6 is 0 Å². The van der Waals surface area contributed by atoms with Gasteiger partial charge in [0.15, 0.2) is 0 Å². The Hall–Kier alpha value is -3.18. The molecule has 0 spiro atoms. The van der Waals surface area contributed by atoms with Crippen molar-refractivity contribution in [1.29, 1.82) is 0 Å². The molecule has 0 bridgehead atoms. The molecule has 1 aromatic carbocycles. The quantitative estimate of drug-likeness (QED) is 0.535. The van der Waals surface area contributed by atoms with Gasteiger partial charge in [-0.1, -0.05) is 0 Å². The van der Waals surface area contributed by atoms with Crippen molar-refractivity contribution in [3.05, 3.63) is 34.6 Å². The van der Waals surface area contributed by atoms with E-state index in [1.54, 1.807) is 18.2 Å². The monoisotopic (exact) mass is 389 g/mol. The summed E-state index contributed by atoms with van der Waals surface area (Å²) in [5.41, 5.74) is 3.30. The van der Waals surface area contributed by atoms with Crippen LogP contribution in [0.5, 0.6) is 11.5 Å². The number of hydrogen-bond acceptors (Lipinski definition) is 10. The summed E-state index contributed by atoms with van der Waals surface area (Å²) in [5.74, 6) is 1.27. The van der Waals surface area contributed by atoms with Crippen LogP contribution < -0.4 is 20.2 Å². The Kier molecular flexibility index (Phi) is 6.06. The summed E-state index contributed by atoms with van der Waals surface area (Å²) in [6.07, 6.45) is 1.28. The van der Waals surface area contributed by atoms with E-state index in [1.807, 2.05) is 12.1 Å². The summed E-state index contributed by atoms with van der Waals surface area (Å²) < 4.78 is 10.5. The lowest BCUT2D eigenvalue weighted by atomic mass is 10.2. The van der Waals surface area contributed by atoms with Crippen molar-refractivity contribution >= 4 is 23.0 Å². The van der Waals surface area contributed by atoms with E-state index in [9.17, 15) is 10.1 Å². The van der Waals surface area contributed by atoms with E-state index in [0.29, 0.717) is 17.2 Å². The van der Waals surface area contributed by atoms with E-state index in [4.69, 9.17) is 9.47 Å². The Balaban J connectivity index is 1.90. The molecule has 0 amide bonds. The molecular weight excluding hydrogens is 366 g/mol. The minimum atomic E-state index is -0.507. The molecule has 3 rings (SSSR count). The number of methoxy groups -OCH3 is 2. The molecule has 11 nitrogen and oxygen atoms in total. The molecule has 0 unspecified atom stereocenters. The van der Waals surface area contributed by atoms with Gasteiger partial charge in [0.25, 0.3) is 0 Å². The van der Waals surface area contributed by atoms with E-state index < -0.39 is 4.92 Å². The van der Waals surface area contributed by atoms with Gasteiger partial charge in [0.2, 0.25) is 11.6 Å². The largest absolute Gasteiger partial charge is 0.497 e. The fourth-order valence-corrected chi connectivity index (χ4v) is 2.83. The van der Waals surface area contributed by atoms with Gasteiger partial charge in [0.05, 0.1) is 24.8 Å². The number of piperazine rings is 1. The van der Waals surface area contributed by atoms with Gasteiger partial charge in [0.1, 0.15) is 17.8 Å². The lowest BCUT2D eigenvalue weighted by Crippen LogP contribution is -2.47. The van der Waals surface area contributed by atoms with Gasteiger partial charge >= 0.3 is 5.69 Å². The highest BCUT2D eigenvalue weighted by atomic mass is 16.6. The summed E-state index contributed by atoms with van der Waals surface area (Å²) >= 11 is 0. The van der Waals surface area contributed by atoms with E-state index in [0.717, 1.165) is 26.2 Å². The normalized spacial score (nSPS) is 15.1. The van der Waals surface area contributed by atoms with Crippen molar-refractivity contribution in [3.8, 4) is 11.5 Å². The predicted octanol–water partition coefficient (Wildman–Crippen LogP) is 1.72. The highest BCUT2D eigenvalue weighted by Crippen LogP contribution is 2.36. The highest BCUT2D eigenvalue weighted by Gasteiger charge is 2.26. The molecule has 2 heterocycles. The van der Waals surface area contributed by atoms with Crippen LogP contribution in [0.4, 0.5) is 23.0 Å². The van der Waals surface area contributed by atoms with Gasteiger partial charge in [-0.25, -0.2) is 15.0 Å².